The van der Waals surface area contributed by atoms with Crippen molar-refractivity contribution in [2.45, 2.75) is 31.8 Å². The molecule has 0 aromatic heterocycles. The maximum absolute atomic E-state index is 10.7. The molecule has 3 heteroatoms. The lowest BCUT2D eigenvalue weighted by atomic mass is 10.1. The molecule has 0 amide bonds. The van der Waals surface area contributed by atoms with Gasteiger partial charge in [0.2, 0.25) is 0 Å². The van der Waals surface area contributed by atoms with Gasteiger partial charge >= 0.3 is 5.97 Å². The molecule has 1 aromatic rings. The summed E-state index contributed by atoms with van der Waals surface area (Å²) in [5.41, 5.74) is 0.730. The zero-order valence-electron chi connectivity index (χ0n) is 9.69. The molecule has 0 unspecified atom stereocenters. The molecule has 0 bridgehead atoms. The number of carbonyl (C=O) groups is 1. The summed E-state index contributed by atoms with van der Waals surface area (Å²) in [7, 11) is 0. The number of carboxylic acids is 1. The van der Waals surface area contributed by atoms with Crippen LogP contribution in [0.2, 0.25) is 0 Å². The van der Waals surface area contributed by atoms with E-state index in [1.54, 1.807) is 12.1 Å². The molecule has 1 fully saturated rings. The van der Waals surface area contributed by atoms with Gasteiger partial charge in [0.1, 0.15) is 5.75 Å². The predicted octanol–water partition coefficient (Wildman–Crippen LogP) is 3.11. The second-order valence-corrected chi connectivity index (χ2v) is 4.33. The number of benzene rings is 1. The van der Waals surface area contributed by atoms with Gasteiger partial charge in [-0.05, 0) is 43.4 Å². The highest BCUT2D eigenvalue weighted by molar-refractivity contribution is 6.14. The molecule has 1 aliphatic rings. The number of carboxylic acid groups (broad SMARTS) is 1. The molecule has 1 aliphatic carbocycles. The molecule has 90 valence electrons. The quantitative estimate of drug-likeness (QED) is 0.811. The van der Waals surface area contributed by atoms with Gasteiger partial charge in [-0.15, -0.1) is 0 Å². The molecule has 0 saturated heterocycles. The summed E-state index contributed by atoms with van der Waals surface area (Å²) >= 11 is 0. The van der Waals surface area contributed by atoms with Crippen molar-refractivity contribution in [3.05, 3.63) is 36.4 Å². The van der Waals surface area contributed by atoms with Gasteiger partial charge < -0.3 is 9.84 Å². The van der Waals surface area contributed by atoms with E-state index in [-0.39, 0.29) is 5.57 Å². The summed E-state index contributed by atoms with van der Waals surface area (Å²) in [6.07, 6.45) is 5.02. The van der Waals surface area contributed by atoms with E-state index in [1.165, 1.54) is 12.8 Å². The van der Waals surface area contributed by atoms with Crippen molar-refractivity contribution in [1.82, 2.24) is 0 Å². The van der Waals surface area contributed by atoms with E-state index < -0.39 is 5.97 Å². The normalized spacial score (nSPS) is 15.8. The zero-order valence-corrected chi connectivity index (χ0v) is 9.69. The molecule has 1 N–H and O–H groups in total. The zero-order chi connectivity index (χ0) is 12.3. The Morgan fingerprint density at radius 1 is 1.24 bits per heavy atom. The van der Waals surface area contributed by atoms with E-state index in [9.17, 15) is 4.79 Å². The Labute approximate surface area is 101 Å². The van der Waals surface area contributed by atoms with Crippen LogP contribution in [0.15, 0.2) is 30.8 Å². The van der Waals surface area contributed by atoms with E-state index in [0.29, 0.717) is 11.7 Å². The molecule has 17 heavy (non-hydrogen) atoms. The molecule has 2 rings (SSSR count). The smallest absolute Gasteiger partial charge is 0.335 e. The number of hydrogen-bond donors (Lipinski definition) is 1. The van der Waals surface area contributed by atoms with Crippen molar-refractivity contribution in [2.75, 3.05) is 0 Å². The second kappa shape index (κ2) is 5.04. The molecular formula is C14H16O3. The van der Waals surface area contributed by atoms with E-state index in [1.807, 2.05) is 12.1 Å². The van der Waals surface area contributed by atoms with Crippen molar-refractivity contribution in [2.24, 2.45) is 0 Å². The maximum Gasteiger partial charge on any atom is 0.335 e. The summed E-state index contributed by atoms with van der Waals surface area (Å²) in [6, 6.07) is 7.09. The monoisotopic (exact) mass is 232 g/mol. The average molecular weight is 232 g/mol. The fourth-order valence-corrected chi connectivity index (χ4v) is 2.06. The lowest BCUT2D eigenvalue weighted by Gasteiger charge is -2.13. The first-order chi connectivity index (χ1) is 8.16. The third-order valence-electron chi connectivity index (χ3n) is 3.07. The minimum Gasteiger partial charge on any atom is -0.490 e. The van der Waals surface area contributed by atoms with Crippen molar-refractivity contribution in [3.8, 4) is 5.75 Å². The van der Waals surface area contributed by atoms with Gasteiger partial charge in [0.25, 0.3) is 0 Å². The van der Waals surface area contributed by atoms with E-state index in [0.717, 1.165) is 18.6 Å². The lowest BCUT2D eigenvalue weighted by molar-refractivity contribution is -0.130. The molecule has 1 saturated carbocycles. The van der Waals surface area contributed by atoms with Gasteiger partial charge in [-0.1, -0.05) is 18.7 Å². The summed E-state index contributed by atoms with van der Waals surface area (Å²) in [5.74, 6) is -0.187. The third kappa shape index (κ3) is 2.87. The molecule has 0 atom stereocenters. The van der Waals surface area contributed by atoms with Gasteiger partial charge in [-0.25, -0.2) is 4.79 Å². The third-order valence-corrected chi connectivity index (χ3v) is 3.07. The van der Waals surface area contributed by atoms with Crippen LogP contribution in [0.4, 0.5) is 0 Å². The summed E-state index contributed by atoms with van der Waals surface area (Å²) in [5, 5.41) is 8.80. The van der Waals surface area contributed by atoms with Crippen molar-refractivity contribution < 1.29 is 14.6 Å². The summed E-state index contributed by atoms with van der Waals surface area (Å²) in [4.78, 5) is 10.7. The second-order valence-electron chi connectivity index (χ2n) is 4.33. The Hall–Kier alpha value is -1.77. The molecule has 0 spiro atoms. The van der Waals surface area contributed by atoms with Crippen LogP contribution in [-0.2, 0) is 4.79 Å². The fraction of sp³-hybridized carbons (Fsp3) is 0.357. The standard InChI is InChI=1S/C14H16O3/c1-10(14(15)16)11-6-8-13(9-7-11)17-12-4-2-3-5-12/h6-9,12H,1-5H2,(H,15,16). The molecule has 0 radical (unpaired) electrons. The first-order valence-corrected chi connectivity index (χ1v) is 5.86. The van der Waals surface area contributed by atoms with Crippen molar-refractivity contribution >= 4 is 11.5 Å². The highest BCUT2D eigenvalue weighted by Gasteiger charge is 2.16. The predicted molar refractivity (Wildman–Crippen MR) is 66.0 cm³/mol. The molecule has 0 heterocycles. The van der Waals surface area contributed by atoms with Gasteiger partial charge in [0, 0.05) is 0 Å². The van der Waals surface area contributed by atoms with Crippen LogP contribution >= 0.6 is 0 Å². The van der Waals surface area contributed by atoms with Crippen LogP contribution in [0, 0.1) is 0 Å². The Balaban J connectivity index is 2.02. The Morgan fingerprint density at radius 2 is 1.82 bits per heavy atom. The Morgan fingerprint density at radius 3 is 2.35 bits per heavy atom. The topological polar surface area (TPSA) is 46.5 Å². The highest BCUT2D eigenvalue weighted by Crippen LogP contribution is 2.25. The number of rotatable bonds is 4. The van der Waals surface area contributed by atoms with Crippen LogP contribution in [0.5, 0.6) is 5.75 Å². The largest absolute Gasteiger partial charge is 0.490 e. The Bertz CT molecular complexity index is 414. The molecule has 3 nitrogen and oxygen atoms in total. The van der Waals surface area contributed by atoms with E-state index in [4.69, 9.17) is 9.84 Å². The van der Waals surface area contributed by atoms with Gasteiger partial charge in [-0.3, -0.25) is 0 Å². The van der Waals surface area contributed by atoms with Gasteiger partial charge in [0.05, 0.1) is 11.7 Å². The van der Waals surface area contributed by atoms with Crippen LogP contribution in [-0.4, -0.2) is 17.2 Å². The molecule has 0 aliphatic heterocycles. The Kier molecular flexibility index (Phi) is 3.47. The van der Waals surface area contributed by atoms with Crippen molar-refractivity contribution in [3.63, 3.8) is 0 Å². The summed E-state index contributed by atoms with van der Waals surface area (Å²) < 4.78 is 5.79. The minimum atomic E-state index is -0.991. The number of hydrogen-bond acceptors (Lipinski definition) is 2. The van der Waals surface area contributed by atoms with Crippen LogP contribution in [0.3, 0.4) is 0 Å². The average Bonchev–Trinajstić information content (AvgIpc) is 2.82. The first kappa shape index (κ1) is 11.7. The number of ether oxygens (including phenoxy) is 1. The SMILES string of the molecule is C=C(C(=O)O)c1ccc(OC2CCCC2)cc1. The maximum atomic E-state index is 10.7. The molecule has 1 aromatic carbocycles. The van der Waals surface area contributed by atoms with E-state index >= 15 is 0 Å². The molecular weight excluding hydrogens is 216 g/mol. The van der Waals surface area contributed by atoms with Crippen LogP contribution < -0.4 is 4.74 Å². The summed E-state index contributed by atoms with van der Waals surface area (Å²) in [6.45, 7) is 3.52. The van der Waals surface area contributed by atoms with Crippen LogP contribution in [0.1, 0.15) is 31.2 Å². The minimum absolute atomic E-state index is 0.109. The lowest BCUT2D eigenvalue weighted by Crippen LogP contribution is -2.10. The van der Waals surface area contributed by atoms with Gasteiger partial charge in [-0.2, -0.15) is 0 Å². The van der Waals surface area contributed by atoms with Crippen molar-refractivity contribution in [1.29, 1.82) is 0 Å². The van der Waals surface area contributed by atoms with Crippen LogP contribution in [0.25, 0.3) is 5.57 Å². The first-order valence-electron chi connectivity index (χ1n) is 5.86. The van der Waals surface area contributed by atoms with Gasteiger partial charge in [0.15, 0.2) is 0 Å². The highest BCUT2D eigenvalue weighted by atomic mass is 16.5. The number of aliphatic carboxylic acids is 1. The fourth-order valence-electron chi connectivity index (χ4n) is 2.06. The van der Waals surface area contributed by atoms with E-state index in [2.05, 4.69) is 6.58 Å².